The van der Waals surface area contributed by atoms with E-state index < -0.39 is 5.41 Å². The molecule has 28 heavy (non-hydrogen) atoms. The molecule has 1 fully saturated rings. The maximum Gasteiger partial charge on any atom is 0.237 e. The van der Waals surface area contributed by atoms with Gasteiger partial charge in [0.25, 0.3) is 0 Å². The molecular formula is C22H22N4O2. The molecule has 0 saturated heterocycles. The van der Waals surface area contributed by atoms with Crippen molar-refractivity contribution < 1.29 is 9.59 Å². The number of hydrogen-bond acceptors (Lipinski definition) is 4. The van der Waals surface area contributed by atoms with Crippen molar-refractivity contribution in [3.63, 3.8) is 0 Å². The summed E-state index contributed by atoms with van der Waals surface area (Å²) < 4.78 is 0. The van der Waals surface area contributed by atoms with Crippen LogP contribution < -0.4 is 10.6 Å². The zero-order valence-corrected chi connectivity index (χ0v) is 15.8. The third-order valence-electron chi connectivity index (χ3n) is 6.27. The third kappa shape index (κ3) is 2.63. The van der Waals surface area contributed by atoms with Crippen LogP contribution in [0, 0.1) is 5.41 Å². The average Bonchev–Trinajstić information content (AvgIpc) is 3.24. The Balaban J connectivity index is 1.31. The van der Waals surface area contributed by atoms with Gasteiger partial charge in [-0.2, -0.15) is 0 Å². The Labute approximate surface area is 163 Å². The zero-order chi connectivity index (χ0) is 19.4. The number of hydrogen-bond donors (Lipinski definition) is 2. The molecule has 6 heteroatoms. The van der Waals surface area contributed by atoms with E-state index in [1.807, 2.05) is 37.4 Å². The van der Waals surface area contributed by atoms with Crippen LogP contribution in [0.2, 0.25) is 0 Å². The van der Waals surface area contributed by atoms with Gasteiger partial charge in [0, 0.05) is 42.0 Å². The molecule has 2 N–H and O–H groups in total. The van der Waals surface area contributed by atoms with Crippen LogP contribution in [-0.4, -0.2) is 28.3 Å². The molecule has 3 aliphatic rings. The number of anilines is 1. The molecule has 142 valence electrons. The third-order valence-corrected chi connectivity index (χ3v) is 6.27. The number of carbonyl (C=O) groups excluding carboxylic acids is 2. The quantitative estimate of drug-likeness (QED) is 0.861. The Bertz CT molecular complexity index is 1020. The van der Waals surface area contributed by atoms with E-state index in [0.717, 1.165) is 35.2 Å². The normalized spacial score (nSPS) is 23.5. The summed E-state index contributed by atoms with van der Waals surface area (Å²) in [5, 5.41) is 5.88. The van der Waals surface area contributed by atoms with Crippen LogP contribution in [0.25, 0.3) is 6.08 Å². The van der Waals surface area contributed by atoms with Crippen LogP contribution in [0.3, 0.4) is 0 Å². The highest BCUT2D eigenvalue weighted by atomic mass is 16.2. The van der Waals surface area contributed by atoms with E-state index >= 15 is 0 Å². The second-order valence-electron chi connectivity index (χ2n) is 8.34. The molecule has 2 aromatic rings. The second-order valence-corrected chi connectivity index (χ2v) is 8.34. The fraction of sp³-hybridized carbons (Fsp3) is 0.364. The van der Waals surface area contributed by atoms with Crippen LogP contribution in [0.4, 0.5) is 5.82 Å². The van der Waals surface area contributed by atoms with Gasteiger partial charge in [-0.3, -0.25) is 14.6 Å². The SMILES string of the molecule is CC1(C(=O)NC/C=C/c2cnc3c(c2)C[C@@]2(C3)C(=O)Nc3ncccc32)CC1. The van der Waals surface area contributed by atoms with Gasteiger partial charge in [-0.05, 0) is 42.5 Å². The van der Waals surface area contributed by atoms with E-state index in [0.29, 0.717) is 25.2 Å². The van der Waals surface area contributed by atoms with E-state index in [9.17, 15) is 9.59 Å². The minimum atomic E-state index is -0.588. The summed E-state index contributed by atoms with van der Waals surface area (Å²) in [6.07, 6.45) is 10.6. The number of amides is 2. The molecule has 0 bridgehead atoms. The van der Waals surface area contributed by atoms with Gasteiger partial charge in [-0.1, -0.05) is 25.1 Å². The van der Waals surface area contributed by atoms with Gasteiger partial charge in [-0.25, -0.2) is 4.98 Å². The molecule has 1 atom stereocenters. The first kappa shape index (κ1) is 17.1. The average molecular weight is 374 g/mol. The predicted octanol–water partition coefficient (Wildman–Crippen LogP) is 2.39. The van der Waals surface area contributed by atoms with Gasteiger partial charge in [0.1, 0.15) is 5.82 Å². The number of fused-ring (bicyclic) bond motifs is 3. The van der Waals surface area contributed by atoms with Crippen molar-refractivity contribution in [1.82, 2.24) is 15.3 Å². The van der Waals surface area contributed by atoms with Crippen molar-refractivity contribution in [3.05, 3.63) is 59.1 Å². The standard InChI is InChI=1S/C22H22N4O2/c1-21(6-7-21)19(27)24-9-2-4-14-10-15-11-22(12-17(15)25-13-14)16-5-3-8-23-18(16)26-20(22)28/h2-5,8,10,13H,6-7,9,11-12H2,1H3,(H,24,27)(H,23,26,28)/b4-2+/t22-/m0/s1. The topological polar surface area (TPSA) is 84.0 Å². The lowest BCUT2D eigenvalue weighted by atomic mass is 9.80. The molecule has 1 aliphatic heterocycles. The lowest BCUT2D eigenvalue weighted by Crippen LogP contribution is -2.35. The monoisotopic (exact) mass is 374 g/mol. The molecule has 2 amide bonds. The van der Waals surface area contributed by atoms with Crippen molar-refractivity contribution in [3.8, 4) is 0 Å². The van der Waals surface area contributed by atoms with Crippen LogP contribution in [0.1, 0.15) is 42.1 Å². The van der Waals surface area contributed by atoms with Gasteiger partial charge < -0.3 is 10.6 Å². The van der Waals surface area contributed by atoms with E-state index in [2.05, 4.69) is 26.7 Å². The molecule has 3 heterocycles. The molecule has 2 aliphatic carbocycles. The Morgan fingerprint density at radius 1 is 1.32 bits per heavy atom. The van der Waals surface area contributed by atoms with E-state index in [4.69, 9.17) is 0 Å². The highest BCUT2D eigenvalue weighted by Gasteiger charge is 2.51. The second kappa shape index (κ2) is 5.99. The van der Waals surface area contributed by atoms with Crippen molar-refractivity contribution in [1.29, 1.82) is 0 Å². The molecule has 5 rings (SSSR count). The number of nitrogens with zero attached hydrogens (tertiary/aromatic N) is 2. The van der Waals surface area contributed by atoms with Crippen LogP contribution >= 0.6 is 0 Å². The molecular weight excluding hydrogens is 352 g/mol. The lowest BCUT2D eigenvalue weighted by Gasteiger charge is -2.19. The fourth-order valence-electron chi connectivity index (χ4n) is 4.20. The molecule has 2 aromatic heterocycles. The first-order valence-corrected chi connectivity index (χ1v) is 9.70. The molecule has 1 saturated carbocycles. The van der Waals surface area contributed by atoms with Gasteiger partial charge >= 0.3 is 0 Å². The smallest absolute Gasteiger partial charge is 0.237 e. The van der Waals surface area contributed by atoms with Gasteiger partial charge in [0.05, 0.1) is 5.41 Å². The van der Waals surface area contributed by atoms with Gasteiger partial charge in [0.2, 0.25) is 11.8 Å². The molecule has 1 spiro atoms. The van der Waals surface area contributed by atoms with Crippen LogP contribution in [0.15, 0.2) is 36.7 Å². The molecule has 0 unspecified atom stereocenters. The van der Waals surface area contributed by atoms with E-state index in [1.165, 1.54) is 0 Å². The number of aromatic nitrogens is 2. The summed E-state index contributed by atoms with van der Waals surface area (Å²) >= 11 is 0. The Morgan fingerprint density at radius 2 is 2.18 bits per heavy atom. The minimum absolute atomic E-state index is 0.00701. The van der Waals surface area contributed by atoms with Gasteiger partial charge in [0.15, 0.2) is 0 Å². The molecule has 0 radical (unpaired) electrons. The van der Waals surface area contributed by atoms with Crippen molar-refractivity contribution in [2.45, 2.75) is 38.0 Å². The van der Waals surface area contributed by atoms with Crippen LogP contribution in [0.5, 0.6) is 0 Å². The molecule has 6 nitrogen and oxygen atoms in total. The summed E-state index contributed by atoms with van der Waals surface area (Å²) in [6, 6.07) is 5.96. The Morgan fingerprint density at radius 3 is 3.00 bits per heavy atom. The van der Waals surface area contributed by atoms with Crippen molar-refractivity contribution in [2.24, 2.45) is 5.41 Å². The van der Waals surface area contributed by atoms with Crippen LogP contribution in [-0.2, 0) is 27.8 Å². The van der Waals surface area contributed by atoms with E-state index in [1.54, 1.807) is 6.20 Å². The lowest BCUT2D eigenvalue weighted by molar-refractivity contribution is -0.125. The van der Waals surface area contributed by atoms with E-state index in [-0.39, 0.29) is 17.2 Å². The maximum absolute atomic E-state index is 12.7. The van der Waals surface area contributed by atoms with Gasteiger partial charge in [-0.15, -0.1) is 0 Å². The Kier molecular flexibility index (Phi) is 3.66. The largest absolute Gasteiger partial charge is 0.352 e. The maximum atomic E-state index is 12.7. The summed E-state index contributed by atoms with van der Waals surface area (Å²) in [7, 11) is 0. The first-order valence-electron chi connectivity index (χ1n) is 9.70. The zero-order valence-electron chi connectivity index (χ0n) is 15.8. The fourth-order valence-corrected chi connectivity index (χ4v) is 4.20. The molecule has 0 aromatic carbocycles. The summed E-state index contributed by atoms with van der Waals surface area (Å²) in [6.45, 7) is 2.51. The number of rotatable bonds is 4. The number of carbonyl (C=O) groups is 2. The summed E-state index contributed by atoms with van der Waals surface area (Å²) in [5.74, 6) is 0.804. The minimum Gasteiger partial charge on any atom is -0.352 e. The Hall–Kier alpha value is -3.02. The van der Waals surface area contributed by atoms with Crippen molar-refractivity contribution >= 4 is 23.7 Å². The number of pyridine rings is 2. The summed E-state index contributed by atoms with van der Waals surface area (Å²) in [4.78, 5) is 33.6. The summed E-state index contributed by atoms with van der Waals surface area (Å²) in [5.41, 5.74) is 3.28. The highest BCUT2D eigenvalue weighted by Crippen LogP contribution is 2.46. The first-order chi connectivity index (χ1) is 13.5. The van der Waals surface area contributed by atoms with Crippen molar-refractivity contribution in [2.75, 3.05) is 11.9 Å². The highest BCUT2D eigenvalue weighted by molar-refractivity contribution is 6.06. The predicted molar refractivity (Wildman–Crippen MR) is 106 cm³/mol. The number of nitrogens with one attached hydrogen (secondary N) is 2.